The Kier molecular flexibility index (Phi) is 7.05. The largest absolute Gasteiger partial charge is 0.340 e. The molecule has 0 spiro atoms. The SMILES string of the molecule is CC1CCCC(C)N1C/C=C/C(=O)N1CCc2c(sc3ncnc(Nc4ccc(F)c(Cl)c4)c23)C1. The third kappa shape index (κ3) is 5.06. The summed E-state index contributed by atoms with van der Waals surface area (Å²) < 4.78 is 13.6. The first-order chi connectivity index (χ1) is 16.9. The summed E-state index contributed by atoms with van der Waals surface area (Å²) in [7, 11) is 0. The van der Waals surface area contributed by atoms with E-state index in [1.165, 1.54) is 37.2 Å². The molecule has 2 atom stereocenters. The Labute approximate surface area is 213 Å². The van der Waals surface area contributed by atoms with E-state index in [4.69, 9.17) is 11.6 Å². The lowest BCUT2D eigenvalue weighted by Gasteiger charge is -2.38. The minimum absolute atomic E-state index is 0.0517. The summed E-state index contributed by atoms with van der Waals surface area (Å²) in [6.07, 6.45) is 9.74. The van der Waals surface area contributed by atoms with E-state index in [1.807, 2.05) is 11.0 Å². The van der Waals surface area contributed by atoms with Crippen LogP contribution in [0.25, 0.3) is 10.2 Å². The minimum Gasteiger partial charge on any atom is -0.340 e. The number of carbonyl (C=O) groups excluding carboxylic acids is 1. The zero-order chi connectivity index (χ0) is 24.5. The van der Waals surface area contributed by atoms with Crippen LogP contribution in [-0.4, -0.2) is 50.8 Å². The molecule has 2 aliphatic heterocycles. The highest BCUT2D eigenvalue weighted by molar-refractivity contribution is 7.19. The average Bonchev–Trinajstić information content (AvgIpc) is 3.22. The number of nitrogens with zero attached hydrogens (tertiary/aromatic N) is 4. The van der Waals surface area contributed by atoms with E-state index in [9.17, 15) is 9.18 Å². The molecule has 184 valence electrons. The van der Waals surface area contributed by atoms with Gasteiger partial charge in [0.05, 0.1) is 17.0 Å². The highest BCUT2D eigenvalue weighted by Crippen LogP contribution is 2.38. The smallest absolute Gasteiger partial charge is 0.246 e. The van der Waals surface area contributed by atoms with Gasteiger partial charge in [-0.3, -0.25) is 9.69 Å². The molecular weight excluding hydrogens is 485 g/mol. The molecule has 4 heterocycles. The van der Waals surface area contributed by atoms with Gasteiger partial charge in [0.1, 0.15) is 22.8 Å². The summed E-state index contributed by atoms with van der Waals surface area (Å²) in [4.78, 5) is 28.2. The molecule has 6 nitrogen and oxygen atoms in total. The monoisotopic (exact) mass is 513 g/mol. The highest BCUT2D eigenvalue weighted by Gasteiger charge is 2.26. The maximum absolute atomic E-state index is 13.6. The number of anilines is 2. The van der Waals surface area contributed by atoms with Crippen molar-refractivity contribution >= 4 is 50.6 Å². The molecule has 0 aliphatic carbocycles. The van der Waals surface area contributed by atoms with Crippen LogP contribution in [0.5, 0.6) is 0 Å². The Morgan fingerprint density at radius 3 is 2.86 bits per heavy atom. The molecule has 1 amide bonds. The zero-order valence-corrected chi connectivity index (χ0v) is 21.5. The second-order valence-electron chi connectivity index (χ2n) is 9.40. The molecule has 1 fully saturated rings. The first kappa shape index (κ1) is 24.2. The lowest BCUT2D eigenvalue weighted by atomic mass is 9.97. The predicted molar refractivity (Wildman–Crippen MR) is 140 cm³/mol. The number of hydrogen-bond donors (Lipinski definition) is 1. The lowest BCUT2D eigenvalue weighted by Crippen LogP contribution is -2.43. The average molecular weight is 514 g/mol. The van der Waals surface area contributed by atoms with Crippen LogP contribution in [0.15, 0.2) is 36.7 Å². The molecule has 35 heavy (non-hydrogen) atoms. The number of aromatic nitrogens is 2. The Morgan fingerprint density at radius 2 is 2.09 bits per heavy atom. The Hall–Kier alpha value is -2.55. The number of fused-ring (bicyclic) bond motifs is 3. The van der Waals surface area contributed by atoms with Crippen molar-refractivity contribution in [1.29, 1.82) is 0 Å². The van der Waals surface area contributed by atoms with Gasteiger partial charge >= 0.3 is 0 Å². The summed E-state index contributed by atoms with van der Waals surface area (Å²) in [6.45, 7) is 6.58. The number of halogens is 2. The second kappa shape index (κ2) is 10.2. The van der Waals surface area contributed by atoms with Gasteiger partial charge in [-0.05, 0) is 56.9 Å². The molecule has 5 rings (SSSR count). The van der Waals surface area contributed by atoms with Crippen LogP contribution in [0.3, 0.4) is 0 Å². The third-order valence-corrected chi connectivity index (χ3v) is 8.50. The van der Waals surface area contributed by atoms with Crippen molar-refractivity contribution in [1.82, 2.24) is 19.8 Å². The van der Waals surface area contributed by atoms with Crippen LogP contribution in [0, 0.1) is 5.82 Å². The van der Waals surface area contributed by atoms with Gasteiger partial charge in [0.25, 0.3) is 0 Å². The van der Waals surface area contributed by atoms with Crippen molar-refractivity contribution < 1.29 is 9.18 Å². The first-order valence-electron chi connectivity index (χ1n) is 12.1. The summed E-state index contributed by atoms with van der Waals surface area (Å²) in [5.74, 6) is 0.257. The van der Waals surface area contributed by atoms with Crippen molar-refractivity contribution in [2.24, 2.45) is 0 Å². The van der Waals surface area contributed by atoms with Gasteiger partial charge in [0.15, 0.2) is 0 Å². The van der Waals surface area contributed by atoms with E-state index in [1.54, 1.807) is 29.5 Å². The Bertz CT molecular complexity index is 1270. The van der Waals surface area contributed by atoms with Gasteiger partial charge < -0.3 is 10.2 Å². The van der Waals surface area contributed by atoms with E-state index < -0.39 is 5.82 Å². The van der Waals surface area contributed by atoms with Crippen molar-refractivity contribution in [3.05, 3.63) is 58.0 Å². The fourth-order valence-electron chi connectivity index (χ4n) is 5.14. The molecule has 2 unspecified atom stereocenters. The van der Waals surface area contributed by atoms with Crippen molar-refractivity contribution in [2.75, 3.05) is 18.4 Å². The van der Waals surface area contributed by atoms with Gasteiger partial charge in [-0.15, -0.1) is 11.3 Å². The quantitative estimate of drug-likeness (QED) is 0.428. The van der Waals surface area contributed by atoms with E-state index in [2.05, 4.69) is 34.0 Å². The van der Waals surface area contributed by atoms with Crippen molar-refractivity contribution in [3.63, 3.8) is 0 Å². The zero-order valence-electron chi connectivity index (χ0n) is 19.9. The van der Waals surface area contributed by atoms with Gasteiger partial charge in [0.2, 0.25) is 5.91 Å². The maximum Gasteiger partial charge on any atom is 0.246 e. The molecule has 2 aliphatic rings. The summed E-state index contributed by atoms with van der Waals surface area (Å²) in [6, 6.07) is 5.62. The van der Waals surface area contributed by atoms with E-state index in [0.29, 0.717) is 36.7 Å². The van der Waals surface area contributed by atoms with Crippen LogP contribution in [0.4, 0.5) is 15.9 Å². The van der Waals surface area contributed by atoms with Crippen LogP contribution in [0.2, 0.25) is 5.02 Å². The number of thiophene rings is 1. The molecular formula is C26H29ClFN5OS. The molecule has 0 saturated carbocycles. The predicted octanol–water partition coefficient (Wildman–Crippen LogP) is 5.93. The number of piperidine rings is 1. The Morgan fingerprint density at radius 1 is 1.29 bits per heavy atom. The maximum atomic E-state index is 13.6. The third-order valence-electron chi connectivity index (χ3n) is 7.08. The molecule has 0 radical (unpaired) electrons. The minimum atomic E-state index is -0.461. The van der Waals surface area contributed by atoms with Crippen LogP contribution in [-0.2, 0) is 17.8 Å². The Balaban J connectivity index is 1.30. The molecule has 3 aromatic rings. The highest BCUT2D eigenvalue weighted by atomic mass is 35.5. The van der Waals surface area contributed by atoms with Crippen LogP contribution in [0.1, 0.15) is 43.6 Å². The topological polar surface area (TPSA) is 61.4 Å². The normalized spacial score (nSPS) is 21.0. The number of rotatable bonds is 5. The summed E-state index contributed by atoms with van der Waals surface area (Å²) in [5, 5.41) is 4.28. The molecule has 2 aromatic heterocycles. The number of amides is 1. The van der Waals surface area contributed by atoms with Gasteiger partial charge in [-0.1, -0.05) is 24.1 Å². The van der Waals surface area contributed by atoms with Crippen molar-refractivity contribution in [3.8, 4) is 0 Å². The van der Waals surface area contributed by atoms with E-state index in [-0.39, 0.29) is 10.9 Å². The van der Waals surface area contributed by atoms with Gasteiger partial charge in [0, 0.05) is 41.8 Å². The summed E-state index contributed by atoms with van der Waals surface area (Å²) >= 11 is 7.54. The summed E-state index contributed by atoms with van der Waals surface area (Å²) in [5.41, 5.74) is 1.83. The second-order valence-corrected chi connectivity index (χ2v) is 10.9. The van der Waals surface area contributed by atoms with Crippen LogP contribution >= 0.6 is 22.9 Å². The fourth-order valence-corrected chi connectivity index (χ4v) is 6.52. The van der Waals surface area contributed by atoms with Crippen LogP contribution < -0.4 is 5.32 Å². The molecule has 1 N–H and O–H groups in total. The lowest BCUT2D eigenvalue weighted by molar-refractivity contribution is -0.126. The number of hydrogen-bond acceptors (Lipinski definition) is 6. The molecule has 0 bridgehead atoms. The standard InChI is InChI=1S/C26H29ClFN5OS/c1-16-5-3-6-17(2)33(16)11-4-7-23(34)32-12-10-19-22(14-32)35-26-24(19)25(29-15-30-26)31-18-8-9-21(28)20(27)13-18/h4,7-9,13,15-17H,3,5-6,10-12,14H2,1-2H3,(H,29,30,31)/b7-4+. The number of likely N-dealkylation sites (tertiary alicyclic amines) is 1. The van der Waals surface area contributed by atoms with Crippen molar-refractivity contribution in [2.45, 2.75) is 58.2 Å². The number of benzene rings is 1. The number of carbonyl (C=O) groups is 1. The van der Waals surface area contributed by atoms with Gasteiger partial charge in [-0.25, -0.2) is 14.4 Å². The van der Waals surface area contributed by atoms with E-state index in [0.717, 1.165) is 28.1 Å². The molecule has 9 heteroatoms. The van der Waals surface area contributed by atoms with E-state index >= 15 is 0 Å². The molecule has 1 saturated heterocycles. The fraction of sp³-hybridized carbons (Fsp3) is 0.423. The number of nitrogens with one attached hydrogen (secondary N) is 1. The molecule has 1 aromatic carbocycles. The van der Waals surface area contributed by atoms with Gasteiger partial charge in [-0.2, -0.15) is 0 Å². The first-order valence-corrected chi connectivity index (χ1v) is 13.3.